The Morgan fingerprint density at radius 1 is 1.45 bits per heavy atom. The first-order valence-corrected chi connectivity index (χ1v) is 6.37. The zero-order valence-corrected chi connectivity index (χ0v) is 12.4. The van der Waals surface area contributed by atoms with Gasteiger partial charge in [-0.05, 0) is 34.0 Å². The molecule has 1 rings (SSSR count). The molecule has 0 aliphatic rings. The predicted molar refractivity (Wildman–Crippen MR) is 78.3 cm³/mol. The molecule has 0 saturated heterocycles. The van der Waals surface area contributed by atoms with Gasteiger partial charge in [-0.3, -0.25) is 9.78 Å². The molecular formula is C15H21N3O2. The second-order valence-corrected chi connectivity index (χ2v) is 5.31. The van der Waals surface area contributed by atoms with E-state index < -0.39 is 0 Å². The molecular weight excluding hydrogens is 254 g/mol. The van der Waals surface area contributed by atoms with Crippen LogP contribution < -0.4 is 5.32 Å². The molecule has 2 N–H and O–H groups in total. The number of carbonyl (C=O) groups excluding carboxylic acids is 1. The van der Waals surface area contributed by atoms with Crippen LogP contribution in [0.25, 0.3) is 0 Å². The largest absolute Gasteiger partial charge is 0.384 e. The van der Waals surface area contributed by atoms with E-state index in [9.17, 15) is 4.79 Å². The molecule has 5 heteroatoms. The van der Waals surface area contributed by atoms with Gasteiger partial charge >= 0.3 is 0 Å². The van der Waals surface area contributed by atoms with Crippen molar-refractivity contribution in [1.29, 1.82) is 0 Å². The van der Waals surface area contributed by atoms with Gasteiger partial charge in [0.2, 0.25) is 0 Å². The summed E-state index contributed by atoms with van der Waals surface area (Å²) in [4.78, 5) is 18.1. The monoisotopic (exact) mass is 275 g/mol. The molecule has 5 nitrogen and oxygen atoms in total. The van der Waals surface area contributed by atoms with E-state index in [1.165, 1.54) is 6.20 Å². The number of likely N-dealkylation sites (N-methyl/N-ethyl adjacent to an activating group) is 1. The lowest BCUT2D eigenvalue weighted by Crippen LogP contribution is -2.48. The summed E-state index contributed by atoms with van der Waals surface area (Å²) < 4.78 is 0. The van der Waals surface area contributed by atoms with Crippen molar-refractivity contribution in [3.05, 3.63) is 29.6 Å². The number of amides is 1. The first-order valence-electron chi connectivity index (χ1n) is 6.37. The number of nitrogens with one attached hydrogen (secondary N) is 1. The minimum absolute atomic E-state index is 0.128. The van der Waals surface area contributed by atoms with Crippen LogP contribution in [-0.4, -0.2) is 53.7 Å². The lowest BCUT2D eigenvalue weighted by molar-refractivity contribution is 0.0919. The Bertz CT molecular complexity index is 527. The first kappa shape index (κ1) is 16.2. The van der Waals surface area contributed by atoms with E-state index in [1.807, 2.05) is 14.1 Å². The number of pyridine rings is 1. The van der Waals surface area contributed by atoms with Gasteiger partial charge in [0.05, 0.1) is 5.56 Å². The summed E-state index contributed by atoms with van der Waals surface area (Å²) in [5.74, 6) is 5.08. The molecule has 0 radical (unpaired) electrons. The van der Waals surface area contributed by atoms with Gasteiger partial charge in [0.1, 0.15) is 6.61 Å². The minimum atomic E-state index is -0.215. The van der Waals surface area contributed by atoms with Gasteiger partial charge < -0.3 is 15.3 Å². The molecule has 0 aliphatic carbocycles. The van der Waals surface area contributed by atoms with Crippen LogP contribution >= 0.6 is 0 Å². The zero-order chi connectivity index (χ0) is 15.2. The van der Waals surface area contributed by atoms with E-state index in [0.717, 1.165) is 0 Å². The Hall–Kier alpha value is -1.90. The van der Waals surface area contributed by atoms with E-state index in [1.54, 1.807) is 12.3 Å². The maximum Gasteiger partial charge on any atom is 0.252 e. The highest BCUT2D eigenvalue weighted by atomic mass is 16.2. The van der Waals surface area contributed by atoms with Crippen molar-refractivity contribution in [2.45, 2.75) is 19.4 Å². The molecule has 1 aromatic heterocycles. The SMILES string of the molecule is CN(C)C(C)(C)CNC(=O)c1cncc(C#CCO)c1. The summed E-state index contributed by atoms with van der Waals surface area (Å²) in [5.41, 5.74) is 0.945. The second-order valence-electron chi connectivity index (χ2n) is 5.31. The number of carbonyl (C=O) groups is 1. The van der Waals surface area contributed by atoms with Gasteiger partial charge in [-0.15, -0.1) is 0 Å². The van der Waals surface area contributed by atoms with Crippen molar-refractivity contribution in [1.82, 2.24) is 15.2 Å². The number of hydrogen-bond acceptors (Lipinski definition) is 4. The molecule has 0 spiro atoms. The van der Waals surface area contributed by atoms with E-state index in [0.29, 0.717) is 17.7 Å². The third-order valence-electron chi connectivity index (χ3n) is 3.20. The Morgan fingerprint density at radius 2 is 2.15 bits per heavy atom. The summed E-state index contributed by atoms with van der Waals surface area (Å²) in [5, 5.41) is 11.5. The molecule has 0 bridgehead atoms. The highest BCUT2D eigenvalue weighted by Gasteiger charge is 2.21. The van der Waals surface area contributed by atoms with Crippen molar-refractivity contribution < 1.29 is 9.90 Å². The standard InChI is InChI=1S/C15H21N3O2/c1-15(2,18(3)4)11-17-14(20)13-8-12(6-5-7-19)9-16-10-13/h8-10,19H,7,11H2,1-4H3,(H,17,20). The number of hydrogen-bond donors (Lipinski definition) is 2. The van der Waals surface area contributed by atoms with E-state index >= 15 is 0 Å². The maximum atomic E-state index is 12.1. The predicted octanol–water partition coefficient (Wildman–Crippen LogP) is 0.495. The lowest BCUT2D eigenvalue weighted by atomic mass is 10.0. The van der Waals surface area contributed by atoms with E-state index in [4.69, 9.17) is 5.11 Å². The summed E-state index contributed by atoms with van der Waals surface area (Å²) in [6, 6.07) is 1.66. The van der Waals surface area contributed by atoms with Gasteiger partial charge in [0.15, 0.2) is 0 Å². The zero-order valence-electron chi connectivity index (χ0n) is 12.4. The van der Waals surface area contributed by atoms with Gasteiger partial charge in [-0.2, -0.15) is 0 Å². The molecule has 0 atom stereocenters. The molecule has 1 amide bonds. The third kappa shape index (κ3) is 4.65. The fourth-order valence-electron chi connectivity index (χ4n) is 1.33. The normalized spacial score (nSPS) is 10.9. The molecule has 0 saturated carbocycles. The molecule has 1 heterocycles. The van der Waals surface area contributed by atoms with Gasteiger partial charge in [0, 0.05) is 30.0 Å². The third-order valence-corrected chi connectivity index (χ3v) is 3.20. The number of nitrogens with zero attached hydrogens (tertiary/aromatic N) is 2. The second kappa shape index (κ2) is 7.04. The van der Waals surface area contributed by atoms with Crippen LogP contribution in [0.2, 0.25) is 0 Å². The van der Waals surface area contributed by atoms with E-state index in [2.05, 4.69) is 40.9 Å². The Labute approximate surface area is 120 Å². The topological polar surface area (TPSA) is 65.5 Å². The fraction of sp³-hybridized carbons (Fsp3) is 0.467. The van der Waals surface area contributed by atoms with Gasteiger partial charge in [-0.1, -0.05) is 11.8 Å². The number of aromatic nitrogens is 1. The fourth-order valence-corrected chi connectivity index (χ4v) is 1.33. The molecule has 108 valence electrons. The molecule has 0 fully saturated rings. The van der Waals surface area contributed by atoms with Crippen LogP contribution in [-0.2, 0) is 0 Å². The number of aliphatic hydroxyl groups excluding tert-OH is 1. The number of rotatable bonds is 4. The Morgan fingerprint density at radius 3 is 2.75 bits per heavy atom. The van der Waals surface area contributed by atoms with Crippen molar-refractivity contribution >= 4 is 5.91 Å². The molecule has 1 aromatic rings. The van der Waals surface area contributed by atoms with Crippen LogP contribution in [0.3, 0.4) is 0 Å². The Balaban J connectivity index is 2.73. The summed E-state index contributed by atoms with van der Waals surface area (Å²) in [6.45, 7) is 4.42. The molecule has 20 heavy (non-hydrogen) atoms. The molecule has 0 aromatic carbocycles. The Kier molecular flexibility index (Phi) is 5.68. The summed E-state index contributed by atoms with van der Waals surface area (Å²) in [6.07, 6.45) is 3.06. The lowest BCUT2D eigenvalue weighted by Gasteiger charge is -2.32. The summed E-state index contributed by atoms with van der Waals surface area (Å²) in [7, 11) is 3.94. The maximum absolute atomic E-state index is 12.1. The van der Waals surface area contributed by atoms with Crippen molar-refractivity contribution in [3.8, 4) is 11.8 Å². The molecule has 0 unspecified atom stereocenters. The van der Waals surface area contributed by atoms with Crippen molar-refractivity contribution in [2.24, 2.45) is 0 Å². The van der Waals surface area contributed by atoms with Crippen LogP contribution in [0.4, 0.5) is 0 Å². The summed E-state index contributed by atoms with van der Waals surface area (Å²) >= 11 is 0. The van der Waals surface area contributed by atoms with Crippen LogP contribution in [0.1, 0.15) is 29.8 Å². The van der Waals surface area contributed by atoms with E-state index in [-0.39, 0.29) is 18.1 Å². The number of aliphatic hydroxyl groups is 1. The average Bonchev–Trinajstić information content (AvgIpc) is 2.42. The first-order chi connectivity index (χ1) is 9.36. The van der Waals surface area contributed by atoms with Gasteiger partial charge in [-0.25, -0.2) is 0 Å². The minimum Gasteiger partial charge on any atom is -0.384 e. The average molecular weight is 275 g/mol. The quantitative estimate of drug-likeness (QED) is 0.785. The molecule has 0 aliphatic heterocycles. The highest BCUT2D eigenvalue weighted by Crippen LogP contribution is 2.08. The van der Waals surface area contributed by atoms with Crippen LogP contribution in [0.15, 0.2) is 18.5 Å². The van der Waals surface area contributed by atoms with Gasteiger partial charge in [0.25, 0.3) is 5.91 Å². The van der Waals surface area contributed by atoms with Crippen LogP contribution in [0, 0.1) is 11.8 Å². The highest BCUT2D eigenvalue weighted by molar-refractivity contribution is 5.94. The van der Waals surface area contributed by atoms with Crippen molar-refractivity contribution in [2.75, 3.05) is 27.2 Å². The van der Waals surface area contributed by atoms with Crippen LogP contribution in [0.5, 0.6) is 0 Å². The van der Waals surface area contributed by atoms with Crippen molar-refractivity contribution in [3.63, 3.8) is 0 Å². The smallest absolute Gasteiger partial charge is 0.252 e.